The lowest BCUT2D eigenvalue weighted by atomic mass is 9.94. The monoisotopic (exact) mass is 567 g/mol. The first-order valence-corrected chi connectivity index (χ1v) is 15.2. The van der Waals surface area contributed by atoms with E-state index < -0.39 is 0 Å². The van der Waals surface area contributed by atoms with Crippen molar-refractivity contribution in [1.29, 1.82) is 0 Å². The molecule has 0 amide bonds. The highest BCUT2D eigenvalue weighted by Crippen LogP contribution is 2.52. The predicted molar refractivity (Wildman–Crippen MR) is 176 cm³/mol. The van der Waals surface area contributed by atoms with Gasteiger partial charge in [-0.05, 0) is 52.9 Å². The average molecular weight is 568 g/mol. The molecule has 0 N–H and O–H groups in total. The molecule has 4 heterocycles. The number of nitrogens with zero attached hydrogens (tertiary/aromatic N) is 3. The van der Waals surface area contributed by atoms with Crippen LogP contribution in [0.5, 0.6) is 0 Å². The maximum atomic E-state index is 6.41. The summed E-state index contributed by atoms with van der Waals surface area (Å²) in [5.41, 5.74) is 8.72. The number of para-hydroxylation sites is 1. The van der Waals surface area contributed by atoms with Gasteiger partial charge in [-0.3, -0.25) is 4.57 Å². The van der Waals surface area contributed by atoms with E-state index in [0.717, 1.165) is 38.8 Å². The van der Waals surface area contributed by atoms with E-state index >= 15 is 0 Å². The summed E-state index contributed by atoms with van der Waals surface area (Å²) in [5, 5.41) is 6.06. The fourth-order valence-corrected chi connectivity index (χ4v) is 7.93. The van der Waals surface area contributed by atoms with Crippen molar-refractivity contribution in [2.24, 2.45) is 0 Å². The first-order valence-electron chi connectivity index (χ1n) is 14.3. The van der Waals surface area contributed by atoms with Crippen LogP contribution in [0.25, 0.3) is 83.0 Å². The molecule has 0 aliphatic carbocycles. The highest BCUT2D eigenvalue weighted by molar-refractivity contribution is 8.00. The second-order valence-corrected chi connectivity index (χ2v) is 12.0. The molecule has 4 nitrogen and oxygen atoms in total. The molecule has 0 spiro atoms. The summed E-state index contributed by atoms with van der Waals surface area (Å²) in [6, 6.07) is 44.6. The summed E-state index contributed by atoms with van der Waals surface area (Å²) in [6.45, 7) is 0. The second-order valence-electron chi connectivity index (χ2n) is 11.0. The molecule has 0 bridgehead atoms. The molecular formula is C38H21N3OS. The molecule has 6 aromatic carbocycles. The number of benzene rings is 6. The summed E-state index contributed by atoms with van der Waals surface area (Å²) in [4.78, 5) is 13.1. The largest absolute Gasteiger partial charge is 0.452 e. The SMILES string of the molecule is c1ccc(-c2cc3c4c5c(cccc25)Sc2cccc(c24)n3-c2nc(-c3ccccc3)c3oc4ccccc4c3n2)cc1. The van der Waals surface area contributed by atoms with Crippen LogP contribution in [-0.4, -0.2) is 14.5 Å². The van der Waals surface area contributed by atoms with E-state index in [4.69, 9.17) is 14.4 Å². The zero-order valence-corrected chi connectivity index (χ0v) is 23.6. The van der Waals surface area contributed by atoms with Crippen LogP contribution in [0.15, 0.2) is 142 Å². The Morgan fingerprint density at radius 1 is 0.558 bits per heavy atom. The van der Waals surface area contributed by atoms with Crippen LogP contribution in [0.1, 0.15) is 0 Å². The maximum absolute atomic E-state index is 6.41. The van der Waals surface area contributed by atoms with Crippen molar-refractivity contribution in [2.45, 2.75) is 9.79 Å². The Hall–Kier alpha value is -5.39. The van der Waals surface area contributed by atoms with Crippen molar-refractivity contribution < 1.29 is 4.42 Å². The van der Waals surface area contributed by atoms with Gasteiger partial charge in [-0.1, -0.05) is 103 Å². The Balaban J connectivity index is 1.41. The summed E-state index contributed by atoms with van der Waals surface area (Å²) in [6.07, 6.45) is 0. The maximum Gasteiger partial charge on any atom is 0.236 e. The molecule has 0 radical (unpaired) electrons. The van der Waals surface area contributed by atoms with Crippen molar-refractivity contribution in [2.75, 3.05) is 0 Å². The van der Waals surface area contributed by atoms with Gasteiger partial charge in [0, 0.05) is 36.9 Å². The lowest BCUT2D eigenvalue weighted by Gasteiger charge is -2.17. The van der Waals surface area contributed by atoms with Gasteiger partial charge in [0.2, 0.25) is 5.95 Å². The topological polar surface area (TPSA) is 43.9 Å². The van der Waals surface area contributed by atoms with Crippen LogP contribution in [0.4, 0.5) is 0 Å². The molecule has 200 valence electrons. The van der Waals surface area contributed by atoms with Gasteiger partial charge in [0.15, 0.2) is 5.58 Å². The minimum Gasteiger partial charge on any atom is -0.452 e. The lowest BCUT2D eigenvalue weighted by Crippen LogP contribution is -2.03. The summed E-state index contributed by atoms with van der Waals surface area (Å²) >= 11 is 1.85. The molecule has 9 aromatic rings. The Morgan fingerprint density at radius 3 is 2.09 bits per heavy atom. The zero-order chi connectivity index (χ0) is 28.1. The molecule has 0 atom stereocenters. The molecule has 43 heavy (non-hydrogen) atoms. The van der Waals surface area contributed by atoms with Crippen molar-refractivity contribution >= 4 is 66.4 Å². The van der Waals surface area contributed by atoms with E-state index in [-0.39, 0.29) is 0 Å². The highest BCUT2D eigenvalue weighted by Gasteiger charge is 2.27. The van der Waals surface area contributed by atoms with Crippen LogP contribution in [0, 0.1) is 0 Å². The Kier molecular flexibility index (Phi) is 4.62. The van der Waals surface area contributed by atoms with E-state index in [0.29, 0.717) is 11.5 Å². The number of aromatic nitrogens is 3. The van der Waals surface area contributed by atoms with Gasteiger partial charge in [0.1, 0.15) is 16.8 Å². The number of hydrogen-bond acceptors (Lipinski definition) is 4. The van der Waals surface area contributed by atoms with E-state index in [1.807, 2.05) is 48.2 Å². The van der Waals surface area contributed by atoms with Gasteiger partial charge in [0.05, 0.1) is 11.0 Å². The van der Waals surface area contributed by atoms with E-state index in [1.54, 1.807) is 0 Å². The fourth-order valence-electron chi connectivity index (χ4n) is 6.78. The van der Waals surface area contributed by atoms with Gasteiger partial charge < -0.3 is 4.42 Å². The molecule has 0 saturated heterocycles. The van der Waals surface area contributed by atoms with Crippen molar-refractivity contribution in [3.8, 4) is 28.3 Å². The van der Waals surface area contributed by atoms with Crippen LogP contribution in [0.2, 0.25) is 0 Å². The number of fused-ring (bicyclic) bond motifs is 3. The molecular weight excluding hydrogens is 547 g/mol. The summed E-state index contributed by atoms with van der Waals surface area (Å²) in [7, 11) is 0. The third-order valence-corrected chi connectivity index (χ3v) is 9.72. The van der Waals surface area contributed by atoms with Crippen LogP contribution >= 0.6 is 11.8 Å². The van der Waals surface area contributed by atoms with Crippen molar-refractivity contribution in [3.05, 3.63) is 127 Å². The molecule has 0 fully saturated rings. The Labute approximate surface area is 250 Å². The minimum atomic E-state index is 0.637. The predicted octanol–water partition coefficient (Wildman–Crippen LogP) is 10.4. The van der Waals surface area contributed by atoms with Gasteiger partial charge in [-0.25, -0.2) is 9.97 Å². The minimum absolute atomic E-state index is 0.637. The number of rotatable bonds is 3. The molecule has 10 rings (SSSR count). The Morgan fingerprint density at radius 2 is 1.26 bits per heavy atom. The first-order chi connectivity index (χ1) is 21.3. The standard InChI is InChI=1S/C38H21N3OS/c1-3-11-22(12-4-1)26-21-28-34-32-24(26)16-9-19-30(32)43-31-20-10-17-27(33(31)34)41(28)38-39-35(23-13-5-2-6-14-23)37-36(40-38)25-15-7-8-18-29(25)42-37/h1-21H. The van der Waals surface area contributed by atoms with Crippen LogP contribution < -0.4 is 0 Å². The third kappa shape index (κ3) is 3.17. The third-order valence-electron chi connectivity index (χ3n) is 8.60. The number of hydrogen-bond donors (Lipinski definition) is 0. The quantitative estimate of drug-likeness (QED) is 0.213. The Bertz CT molecular complexity index is 2580. The molecule has 5 heteroatoms. The highest BCUT2D eigenvalue weighted by atomic mass is 32.2. The molecule has 1 aliphatic rings. The van der Waals surface area contributed by atoms with E-state index in [2.05, 4.69) is 95.6 Å². The smallest absolute Gasteiger partial charge is 0.236 e. The van der Waals surface area contributed by atoms with Gasteiger partial charge >= 0.3 is 0 Å². The van der Waals surface area contributed by atoms with Crippen molar-refractivity contribution in [3.63, 3.8) is 0 Å². The molecule has 0 unspecified atom stereocenters. The van der Waals surface area contributed by atoms with E-state index in [1.165, 1.54) is 42.5 Å². The van der Waals surface area contributed by atoms with E-state index in [9.17, 15) is 0 Å². The average Bonchev–Trinajstić information content (AvgIpc) is 3.61. The van der Waals surface area contributed by atoms with Crippen LogP contribution in [-0.2, 0) is 0 Å². The number of furan rings is 1. The van der Waals surface area contributed by atoms with Gasteiger partial charge in [0.25, 0.3) is 0 Å². The summed E-state index contributed by atoms with van der Waals surface area (Å²) in [5.74, 6) is 0.637. The normalized spacial score (nSPS) is 12.6. The lowest BCUT2D eigenvalue weighted by molar-refractivity contribution is 0.666. The second kappa shape index (κ2) is 8.57. The summed E-state index contributed by atoms with van der Waals surface area (Å²) < 4.78 is 8.67. The van der Waals surface area contributed by atoms with Crippen LogP contribution in [0.3, 0.4) is 0 Å². The van der Waals surface area contributed by atoms with Gasteiger partial charge in [-0.15, -0.1) is 0 Å². The molecule has 0 saturated carbocycles. The van der Waals surface area contributed by atoms with Gasteiger partial charge in [-0.2, -0.15) is 0 Å². The fraction of sp³-hybridized carbons (Fsp3) is 0. The molecule has 1 aliphatic heterocycles. The van der Waals surface area contributed by atoms with Crippen molar-refractivity contribution in [1.82, 2.24) is 14.5 Å². The molecule has 3 aromatic heterocycles. The zero-order valence-electron chi connectivity index (χ0n) is 22.8. The first kappa shape index (κ1) is 23.2.